The Hall–Kier alpha value is -2.60. The third-order valence-electron chi connectivity index (χ3n) is 4.54. The highest BCUT2D eigenvalue weighted by molar-refractivity contribution is 9.11. The Bertz CT molecular complexity index is 1230. The van der Waals surface area contributed by atoms with Crippen molar-refractivity contribution in [3.63, 3.8) is 0 Å². The van der Waals surface area contributed by atoms with Crippen LogP contribution in [0.5, 0.6) is 17.2 Å². The monoisotopic (exact) mass is 569 g/mol. The van der Waals surface area contributed by atoms with Crippen molar-refractivity contribution in [2.45, 2.75) is 6.61 Å². The lowest BCUT2D eigenvalue weighted by Gasteiger charge is -2.13. The molecule has 0 radical (unpaired) electrons. The van der Waals surface area contributed by atoms with Crippen LogP contribution < -0.4 is 9.47 Å². The molecule has 0 fully saturated rings. The first-order valence-electron chi connectivity index (χ1n) is 9.81. The second kappa shape index (κ2) is 10.8. The molecule has 0 unspecified atom stereocenters. The number of hydrogen-bond acceptors (Lipinski definition) is 3. The number of nitrogens with zero attached hydrogens (tertiary/aromatic N) is 1. The van der Waals surface area contributed by atoms with Gasteiger partial charge in [0.15, 0.2) is 0 Å². The van der Waals surface area contributed by atoms with Crippen molar-refractivity contribution < 1.29 is 9.47 Å². The molecule has 0 saturated heterocycles. The number of ether oxygens (including phenoxy) is 2. The maximum absolute atomic E-state index is 6.26. The number of halogens is 3. The molecular formula is C26H18Br2ClNO2. The van der Waals surface area contributed by atoms with Crippen LogP contribution in [0.25, 0.3) is 0 Å². The van der Waals surface area contributed by atoms with E-state index in [0.717, 1.165) is 37.3 Å². The fraction of sp³-hybridized carbons (Fsp3) is 0.0385. The molecule has 0 aliphatic carbocycles. The third kappa shape index (κ3) is 6.00. The summed E-state index contributed by atoms with van der Waals surface area (Å²) in [5, 5.41) is 0.675. The first kappa shape index (κ1) is 22.6. The van der Waals surface area contributed by atoms with Crippen LogP contribution in [0.1, 0.15) is 11.1 Å². The lowest BCUT2D eigenvalue weighted by molar-refractivity contribution is 0.304. The van der Waals surface area contributed by atoms with E-state index in [9.17, 15) is 0 Å². The molecule has 0 N–H and O–H groups in total. The molecule has 4 aromatic carbocycles. The summed E-state index contributed by atoms with van der Waals surface area (Å²) in [6, 6.07) is 28.8. The molecule has 0 aromatic heterocycles. The molecule has 0 amide bonds. The van der Waals surface area contributed by atoms with Gasteiger partial charge in [-0.05, 0) is 70.5 Å². The van der Waals surface area contributed by atoms with E-state index in [2.05, 4.69) is 36.9 Å². The summed E-state index contributed by atoms with van der Waals surface area (Å²) >= 11 is 13.4. The predicted molar refractivity (Wildman–Crippen MR) is 138 cm³/mol. The van der Waals surface area contributed by atoms with Crippen LogP contribution in [0.2, 0.25) is 5.02 Å². The number of para-hydroxylation sites is 1. The molecule has 0 aliphatic rings. The fourth-order valence-corrected chi connectivity index (χ4v) is 4.53. The molecule has 4 aromatic rings. The molecule has 3 nitrogen and oxygen atoms in total. The third-order valence-corrected chi connectivity index (χ3v) is 5.95. The Balaban J connectivity index is 1.51. The molecular weight excluding hydrogens is 554 g/mol. The van der Waals surface area contributed by atoms with Crippen molar-refractivity contribution in [3.05, 3.63) is 116 Å². The first-order valence-corrected chi connectivity index (χ1v) is 11.8. The Morgan fingerprint density at radius 1 is 0.812 bits per heavy atom. The van der Waals surface area contributed by atoms with Gasteiger partial charge in [0.25, 0.3) is 0 Å². The van der Waals surface area contributed by atoms with Crippen LogP contribution >= 0.6 is 43.5 Å². The average molecular weight is 572 g/mol. The van der Waals surface area contributed by atoms with Gasteiger partial charge >= 0.3 is 0 Å². The Morgan fingerprint density at radius 2 is 1.50 bits per heavy atom. The Kier molecular flexibility index (Phi) is 7.63. The summed E-state index contributed by atoms with van der Waals surface area (Å²) < 4.78 is 13.7. The summed E-state index contributed by atoms with van der Waals surface area (Å²) in [5.41, 5.74) is 2.56. The summed E-state index contributed by atoms with van der Waals surface area (Å²) in [7, 11) is 0. The van der Waals surface area contributed by atoms with Crippen molar-refractivity contribution >= 4 is 55.4 Å². The molecule has 0 atom stereocenters. The summed E-state index contributed by atoms with van der Waals surface area (Å²) in [4.78, 5) is 4.61. The van der Waals surface area contributed by atoms with Gasteiger partial charge in [0, 0.05) is 26.8 Å². The molecule has 160 valence electrons. The van der Waals surface area contributed by atoms with Gasteiger partial charge in [-0.3, -0.25) is 4.99 Å². The van der Waals surface area contributed by atoms with E-state index in [1.54, 1.807) is 6.21 Å². The van der Waals surface area contributed by atoms with Gasteiger partial charge in [-0.1, -0.05) is 63.9 Å². The Morgan fingerprint density at radius 3 is 2.25 bits per heavy atom. The van der Waals surface area contributed by atoms with Crippen LogP contribution in [0.3, 0.4) is 0 Å². The smallest absolute Gasteiger partial charge is 0.142 e. The highest BCUT2D eigenvalue weighted by Crippen LogP contribution is 2.33. The maximum Gasteiger partial charge on any atom is 0.142 e. The van der Waals surface area contributed by atoms with Crippen LogP contribution in [0.15, 0.2) is 105 Å². The van der Waals surface area contributed by atoms with Crippen molar-refractivity contribution in [2.24, 2.45) is 4.99 Å². The quantitative estimate of drug-likeness (QED) is 0.207. The zero-order chi connectivity index (χ0) is 22.3. The average Bonchev–Trinajstić information content (AvgIpc) is 2.79. The van der Waals surface area contributed by atoms with Crippen molar-refractivity contribution in [1.29, 1.82) is 0 Å². The second-order valence-corrected chi connectivity index (χ2v) is 9.03. The summed E-state index contributed by atoms with van der Waals surface area (Å²) in [6.45, 7) is 0.353. The summed E-state index contributed by atoms with van der Waals surface area (Å²) in [5.74, 6) is 2.24. The molecule has 6 heteroatoms. The van der Waals surface area contributed by atoms with E-state index in [1.807, 2.05) is 91.0 Å². The van der Waals surface area contributed by atoms with Crippen molar-refractivity contribution in [1.82, 2.24) is 0 Å². The van der Waals surface area contributed by atoms with E-state index in [1.165, 1.54) is 0 Å². The minimum Gasteiger partial charge on any atom is -0.487 e. The van der Waals surface area contributed by atoms with Gasteiger partial charge in [0.1, 0.15) is 23.9 Å². The highest BCUT2D eigenvalue weighted by Gasteiger charge is 2.10. The molecule has 0 bridgehead atoms. The molecule has 0 saturated carbocycles. The summed E-state index contributed by atoms with van der Waals surface area (Å²) in [6.07, 6.45) is 1.78. The molecule has 0 aliphatic heterocycles. The standard InChI is InChI=1S/C26H18Br2ClNO2/c27-20-14-19(26(24(28)15-20)31-17-18-6-4-5-9-25(18)29)16-30-21-10-12-23(13-11-21)32-22-7-2-1-3-8-22/h1-16H,17H2. The number of hydrogen-bond donors (Lipinski definition) is 0. The van der Waals surface area contributed by atoms with Crippen LogP contribution in [-0.4, -0.2) is 6.21 Å². The second-order valence-electron chi connectivity index (χ2n) is 6.85. The highest BCUT2D eigenvalue weighted by atomic mass is 79.9. The molecule has 4 rings (SSSR count). The first-order chi connectivity index (χ1) is 15.6. The van der Waals surface area contributed by atoms with Gasteiger partial charge < -0.3 is 9.47 Å². The number of aliphatic imine (C=N–C) groups is 1. The lowest BCUT2D eigenvalue weighted by Crippen LogP contribution is -2.00. The molecule has 0 heterocycles. The zero-order valence-electron chi connectivity index (χ0n) is 16.8. The zero-order valence-corrected chi connectivity index (χ0v) is 20.8. The topological polar surface area (TPSA) is 30.8 Å². The van der Waals surface area contributed by atoms with Gasteiger partial charge in [-0.2, -0.15) is 0 Å². The Labute approximate surface area is 208 Å². The van der Waals surface area contributed by atoms with E-state index in [0.29, 0.717) is 17.4 Å². The number of rotatable bonds is 7. The van der Waals surface area contributed by atoms with E-state index in [-0.39, 0.29) is 0 Å². The largest absolute Gasteiger partial charge is 0.487 e. The van der Waals surface area contributed by atoms with Gasteiger partial charge in [0.05, 0.1) is 10.2 Å². The van der Waals surface area contributed by atoms with E-state index < -0.39 is 0 Å². The van der Waals surface area contributed by atoms with E-state index >= 15 is 0 Å². The SMILES string of the molecule is Clc1ccccc1COc1c(Br)cc(Br)cc1C=Nc1ccc(Oc2ccccc2)cc1. The minimum atomic E-state index is 0.353. The maximum atomic E-state index is 6.26. The van der Waals surface area contributed by atoms with Crippen molar-refractivity contribution in [3.8, 4) is 17.2 Å². The van der Waals surface area contributed by atoms with Gasteiger partial charge in [-0.25, -0.2) is 0 Å². The molecule has 0 spiro atoms. The fourth-order valence-electron chi connectivity index (χ4n) is 2.96. The normalized spacial score (nSPS) is 11.0. The lowest BCUT2D eigenvalue weighted by atomic mass is 10.2. The van der Waals surface area contributed by atoms with Crippen LogP contribution in [-0.2, 0) is 6.61 Å². The predicted octanol–water partition coefficient (Wildman–Crippen LogP) is 8.99. The minimum absolute atomic E-state index is 0.353. The van der Waals surface area contributed by atoms with Crippen LogP contribution in [0.4, 0.5) is 5.69 Å². The van der Waals surface area contributed by atoms with E-state index in [4.69, 9.17) is 21.1 Å². The van der Waals surface area contributed by atoms with Gasteiger partial charge in [0.2, 0.25) is 0 Å². The van der Waals surface area contributed by atoms with Crippen molar-refractivity contribution in [2.75, 3.05) is 0 Å². The van der Waals surface area contributed by atoms with Gasteiger partial charge in [-0.15, -0.1) is 0 Å². The van der Waals surface area contributed by atoms with Crippen LogP contribution in [0, 0.1) is 0 Å². The number of benzene rings is 4. The molecule has 32 heavy (non-hydrogen) atoms.